The van der Waals surface area contributed by atoms with E-state index in [1.165, 1.54) is 18.2 Å². The molecular weight excluding hydrogens is 375 g/mol. The van der Waals surface area contributed by atoms with Crippen LogP contribution in [0.1, 0.15) is 40.7 Å². The standard InChI is InChI=1S/C22H25FN2O2S/c1-4-24(21(27)17-8-6-10-19(23)14-17)11-12-25-20(26)16(3)28-22(25)18-9-5-7-15(2)13-18/h5-10,13-14,16,22H,4,11-12H2,1-3H3/t16-,22-/m0/s1. The quantitative estimate of drug-likeness (QED) is 0.728. The molecule has 0 aliphatic carbocycles. The molecule has 28 heavy (non-hydrogen) atoms. The van der Waals surface area contributed by atoms with Crippen molar-refractivity contribution in [1.82, 2.24) is 9.80 Å². The van der Waals surface area contributed by atoms with Crippen LogP contribution in [0.25, 0.3) is 0 Å². The first-order chi connectivity index (χ1) is 13.4. The molecule has 3 rings (SSSR count). The lowest BCUT2D eigenvalue weighted by Crippen LogP contribution is -2.40. The van der Waals surface area contributed by atoms with Gasteiger partial charge < -0.3 is 9.80 Å². The smallest absolute Gasteiger partial charge is 0.254 e. The summed E-state index contributed by atoms with van der Waals surface area (Å²) < 4.78 is 13.5. The summed E-state index contributed by atoms with van der Waals surface area (Å²) >= 11 is 1.63. The zero-order valence-corrected chi connectivity index (χ0v) is 17.2. The van der Waals surface area contributed by atoms with Crippen molar-refractivity contribution in [2.24, 2.45) is 0 Å². The van der Waals surface area contributed by atoms with E-state index in [1.807, 2.05) is 43.9 Å². The number of amides is 2. The highest BCUT2D eigenvalue weighted by Crippen LogP contribution is 2.42. The van der Waals surface area contributed by atoms with E-state index in [9.17, 15) is 14.0 Å². The van der Waals surface area contributed by atoms with Crippen LogP contribution in [0.15, 0.2) is 48.5 Å². The molecule has 1 aliphatic rings. The number of likely N-dealkylation sites (N-methyl/N-ethyl adjacent to an activating group) is 1. The highest BCUT2D eigenvalue weighted by atomic mass is 32.2. The predicted octanol–water partition coefficient (Wildman–Crippen LogP) is 4.26. The second kappa shape index (κ2) is 8.78. The number of carbonyl (C=O) groups is 2. The molecule has 0 unspecified atom stereocenters. The van der Waals surface area contributed by atoms with Crippen molar-refractivity contribution in [3.8, 4) is 0 Å². The van der Waals surface area contributed by atoms with Crippen LogP contribution in [-0.2, 0) is 4.79 Å². The molecule has 1 saturated heterocycles. The fourth-order valence-electron chi connectivity index (χ4n) is 3.42. The van der Waals surface area contributed by atoms with Crippen molar-refractivity contribution >= 4 is 23.6 Å². The van der Waals surface area contributed by atoms with E-state index in [4.69, 9.17) is 0 Å². The molecule has 0 N–H and O–H groups in total. The fraction of sp³-hybridized carbons (Fsp3) is 0.364. The zero-order chi connectivity index (χ0) is 20.3. The van der Waals surface area contributed by atoms with Gasteiger partial charge in [-0.3, -0.25) is 9.59 Å². The van der Waals surface area contributed by atoms with Crippen LogP contribution in [0.5, 0.6) is 0 Å². The molecule has 1 fully saturated rings. The molecule has 6 heteroatoms. The van der Waals surface area contributed by atoms with Gasteiger partial charge in [-0.1, -0.05) is 35.9 Å². The summed E-state index contributed by atoms with van der Waals surface area (Å²) in [4.78, 5) is 28.9. The Morgan fingerprint density at radius 3 is 2.64 bits per heavy atom. The summed E-state index contributed by atoms with van der Waals surface area (Å²) in [6, 6.07) is 13.9. The number of hydrogen-bond acceptors (Lipinski definition) is 3. The number of hydrogen-bond donors (Lipinski definition) is 0. The van der Waals surface area contributed by atoms with Crippen LogP contribution in [-0.4, -0.2) is 46.5 Å². The van der Waals surface area contributed by atoms with Crippen LogP contribution in [0.3, 0.4) is 0 Å². The lowest BCUT2D eigenvalue weighted by atomic mass is 10.1. The number of thioether (sulfide) groups is 1. The Labute approximate surface area is 169 Å². The second-order valence-corrected chi connectivity index (χ2v) is 8.40. The van der Waals surface area contributed by atoms with Gasteiger partial charge in [0.25, 0.3) is 5.91 Å². The van der Waals surface area contributed by atoms with E-state index < -0.39 is 5.82 Å². The van der Waals surface area contributed by atoms with Crippen LogP contribution in [0.2, 0.25) is 0 Å². The van der Waals surface area contributed by atoms with Gasteiger partial charge in [0.2, 0.25) is 5.91 Å². The summed E-state index contributed by atoms with van der Waals surface area (Å²) in [5.41, 5.74) is 2.58. The molecule has 0 spiro atoms. The molecule has 1 heterocycles. The van der Waals surface area contributed by atoms with Gasteiger partial charge in [-0.2, -0.15) is 0 Å². The van der Waals surface area contributed by atoms with Crippen molar-refractivity contribution in [3.05, 3.63) is 71.0 Å². The second-order valence-electron chi connectivity index (χ2n) is 6.97. The van der Waals surface area contributed by atoms with Gasteiger partial charge in [0.1, 0.15) is 11.2 Å². The number of rotatable bonds is 6. The van der Waals surface area contributed by atoms with Gasteiger partial charge in [-0.25, -0.2) is 4.39 Å². The van der Waals surface area contributed by atoms with Crippen LogP contribution >= 0.6 is 11.8 Å². The molecule has 0 radical (unpaired) electrons. The Hall–Kier alpha value is -2.34. The van der Waals surface area contributed by atoms with E-state index in [2.05, 4.69) is 6.07 Å². The average molecular weight is 401 g/mol. The lowest BCUT2D eigenvalue weighted by molar-refractivity contribution is -0.130. The summed E-state index contributed by atoms with van der Waals surface area (Å²) in [6.45, 7) is 7.20. The number of benzene rings is 2. The Morgan fingerprint density at radius 2 is 1.96 bits per heavy atom. The van der Waals surface area contributed by atoms with Crippen molar-refractivity contribution in [2.45, 2.75) is 31.4 Å². The first kappa shape index (κ1) is 20.4. The van der Waals surface area contributed by atoms with E-state index in [-0.39, 0.29) is 22.4 Å². The maximum atomic E-state index is 13.5. The predicted molar refractivity (Wildman–Crippen MR) is 111 cm³/mol. The highest BCUT2D eigenvalue weighted by molar-refractivity contribution is 8.01. The Bertz CT molecular complexity index is 873. The summed E-state index contributed by atoms with van der Waals surface area (Å²) in [7, 11) is 0. The fourth-order valence-corrected chi connectivity index (χ4v) is 4.72. The Kier molecular flexibility index (Phi) is 6.39. The van der Waals surface area contributed by atoms with Crippen molar-refractivity contribution in [2.75, 3.05) is 19.6 Å². The third-order valence-electron chi connectivity index (χ3n) is 4.93. The Balaban J connectivity index is 1.74. The first-order valence-corrected chi connectivity index (χ1v) is 10.4. The molecule has 2 amide bonds. The minimum absolute atomic E-state index is 0.0506. The van der Waals surface area contributed by atoms with E-state index in [1.54, 1.807) is 22.7 Å². The number of aryl methyl sites for hydroxylation is 1. The first-order valence-electron chi connectivity index (χ1n) is 9.48. The van der Waals surface area contributed by atoms with Gasteiger partial charge in [-0.15, -0.1) is 11.8 Å². The van der Waals surface area contributed by atoms with Gasteiger partial charge in [0.15, 0.2) is 0 Å². The molecule has 0 bridgehead atoms. The molecule has 148 valence electrons. The number of carbonyl (C=O) groups excluding carboxylic acids is 2. The van der Waals surface area contributed by atoms with Crippen molar-refractivity contribution < 1.29 is 14.0 Å². The van der Waals surface area contributed by atoms with E-state index >= 15 is 0 Å². The normalized spacial score (nSPS) is 19.1. The molecular formula is C22H25FN2O2S. The SMILES string of the molecule is CCN(CCN1C(=O)[C@H](C)S[C@H]1c1cccc(C)c1)C(=O)c1cccc(F)c1. The minimum atomic E-state index is -0.429. The van der Waals surface area contributed by atoms with E-state index in [0.717, 1.165) is 11.1 Å². The topological polar surface area (TPSA) is 40.6 Å². The lowest BCUT2D eigenvalue weighted by Gasteiger charge is -2.28. The van der Waals surface area contributed by atoms with Gasteiger partial charge >= 0.3 is 0 Å². The summed E-state index contributed by atoms with van der Waals surface area (Å²) in [5, 5.41) is -0.162. The average Bonchev–Trinajstić information content (AvgIpc) is 2.96. The summed E-state index contributed by atoms with van der Waals surface area (Å²) in [5.74, 6) is -0.562. The third-order valence-corrected chi connectivity index (χ3v) is 6.32. The molecule has 0 saturated carbocycles. The van der Waals surface area contributed by atoms with Crippen molar-refractivity contribution in [1.29, 1.82) is 0 Å². The third kappa shape index (κ3) is 4.38. The van der Waals surface area contributed by atoms with Gasteiger partial charge in [0, 0.05) is 25.2 Å². The molecule has 2 aromatic carbocycles. The van der Waals surface area contributed by atoms with Crippen LogP contribution in [0, 0.1) is 12.7 Å². The number of nitrogens with zero attached hydrogens (tertiary/aromatic N) is 2. The zero-order valence-electron chi connectivity index (χ0n) is 16.4. The molecule has 4 nitrogen and oxygen atoms in total. The largest absolute Gasteiger partial charge is 0.337 e. The molecule has 0 aromatic heterocycles. The number of halogens is 1. The molecule has 1 aliphatic heterocycles. The minimum Gasteiger partial charge on any atom is -0.337 e. The van der Waals surface area contributed by atoms with Crippen molar-refractivity contribution in [3.63, 3.8) is 0 Å². The van der Waals surface area contributed by atoms with Gasteiger partial charge in [0.05, 0.1) is 5.25 Å². The Morgan fingerprint density at radius 1 is 1.21 bits per heavy atom. The van der Waals surface area contributed by atoms with Gasteiger partial charge in [-0.05, 0) is 44.5 Å². The maximum Gasteiger partial charge on any atom is 0.254 e. The molecule has 2 atom stereocenters. The van der Waals surface area contributed by atoms with E-state index in [0.29, 0.717) is 25.2 Å². The highest BCUT2D eigenvalue weighted by Gasteiger charge is 2.38. The van der Waals surface area contributed by atoms with Crippen LogP contribution in [0.4, 0.5) is 4.39 Å². The van der Waals surface area contributed by atoms with Crippen LogP contribution < -0.4 is 0 Å². The maximum absolute atomic E-state index is 13.5. The summed E-state index contributed by atoms with van der Waals surface area (Å²) in [6.07, 6.45) is 0. The monoisotopic (exact) mass is 400 g/mol. The molecule has 2 aromatic rings.